The van der Waals surface area contributed by atoms with Crippen LogP contribution in [0.15, 0.2) is 103 Å². The predicted molar refractivity (Wildman–Crippen MR) is 129 cm³/mol. The van der Waals surface area contributed by atoms with Gasteiger partial charge in [0.2, 0.25) is 0 Å². The maximum absolute atomic E-state index is 4.28. The predicted octanol–water partition coefficient (Wildman–Crippen LogP) is 7.95. The van der Waals surface area contributed by atoms with Crippen LogP contribution in [-0.2, 0) is 5.41 Å². The maximum Gasteiger partial charge on any atom is 0.0725 e. The molecule has 0 amide bonds. The fraction of sp³-hybridized carbons (Fsp3) is 0.133. The van der Waals surface area contributed by atoms with E-state index in [1.807, 2.05) is 0 Å². The van der Waals surface area contributed by atoms with Gasteiger partial charge < -0.3 is 0 Å². The van der Waals surface area contributed by atoms with Gasteiger partial charge in [0, 0.05) is 0 Å². The lowest BCUT2D eigenvalue weighted by Crippen LogP contribution is -2.26. The second-order valence-electron chi connectivity index (χ2n) is 8.10. The molecular weight excluding hydrogens is 360 g/mol. The fourth-order valence-electron chi connectivity index (χ4n) is 5.42. The molecule has 0 aliphatic heterocycles. The molecule has 3 aromatic carbocycles. The molecule has 0 aromatic heterocycles. The Morgan fingerprint density at radius 2 is 1.43 bits per heavy atom. The molecule has 30 heavy (non-hydrogen) atoms. The highest BCUT2D eigenvalue weighted by molar-refractivity contribution is 5.98. The molecule has 0 radical (unpaired) electrons. The van der Waals surface area contributed by atoms with E-state index in [-0.39, 0.29) is 5.41 Å². The summed E-state index contributed by atoms with van der Waals surface area (Å²) in [7, 11) is 0. The van der Waals surface area contributed by atoms with Crippen molar-refractivity contribution in [1.82, 2.24) is 0 Å². The molecule has 0 saturated carbocycles. The Kier molecular flexibility index (Phi) is 4.25. The topological polar surface area (TPSA) is 0 Å². The Labute approximate surface area is 179 Å². The number of allylic oxidation sites excluding steroid dienone is 7. The van der Waals surface area contributed by atoms with Crippen LogP contribution in [-0.4, -0.2) is 0 Å². The Morgan fingerprint density at radius 3 is 2.10 bits per heavy atom. The number of hydrogen-bond acceptors (Lipinski definition) is 0. The number of benzene rings is 3. The normalized spacial score (nSPS) is 19.4. The van der Waals surface area contributed by atoms with Crippen LogP contribution in [0, 0.1) is 0 Å². The van der Waals surface area contributed by atoms with Gasteiger partial charge in [0.1, 0.15) is 0 Å². The minimum absolute atomic E-state index is 0.304. The zero-order valence-corrected chi connectivity index (χ0v) is 17.9. The van der Waals surface area contributed by atoms with Crippen LogP contribution in [0.1, 0.15) is 48.6 Å². The third-order valence-electron chi connectivity index (χ3n) is 6.79. The largest absolute Gasteiger partial charge is 0.0987 e. The van der Waals surface area contributed by atoms with Crippen LogP contribution in [0.25, 0.3) is 22.3 Å². The molecule has 0 nitrogen and oxygen atoms in total. The van der Waals surface area contributed by atoms with Gasteiger partial charge in [0.25, 0.3) is 0 Å². The van der Waals surface area contributed by atoms with Crippen LogP contribution in [0.5, 0.6) is 0 Å². The molecule has 1 atom stereocenters. The van der Waals surface area contributed by atoms with Crippen LogP contribution in [0.2, 0.25) is 0 Å². The quantitative estimate of drug-likeness (QED) is 0.428. The third kappa shape index (κ3) is 2.22. The summed E-state index contributed by atoms with van der Waals surface area (Å²) in [5, 5.41) is 0. The molecule has 0 heteroatoms. The van der Waals surface area contributed by atoms with E-state index in [1.165, 1.54) is 55.7 Å². The summed E-state index contributed by atoms with van der Waals surface area (Å²) in [6.45, 7) is 10.7. The van der Waals surface area contributed by atoms with E-state index in [1.54, 1.807) is 0 Å². The van der Waals surface area contributed by atoms with Crippen molar-refractivity contribution in [2.24, 2.45) is 0 Å². The summed E-state index contributed by atoms with van der Waals surface area (Å²) in [6, 6.07) is 24.7. The molecule has 3 aromatic rings. The van der Waals surface area contributed by atoms with Gasteiger partial charge in [0.05, 0.1) is 5.41 Å². The smallest absolute Gasteiger partial charge is 0.0725 e. The maximum atomic E-state index is 4.28. The van der Waals surface area contributed by atoms with Gasteiger partial charge in [-0.25, -0.2) is 0 Å². The summed E-state index contributed by atoms with van der Waals surface area (Å²) in [5.74, 6) is 0. The van der Waals surface area contributed by atoms with Crippen LogP contribution in [0.4, 0.5) is 0 Å². The van der Waals surface area contributed by atoms with Crippen molar-refractivity contribution in [2.75, 3.05) is 0 Å². The molecule has 0 N–H and O–H groups in total. The van der Waals surface area contributed by atoms with E-state index >= 15 is 0 Å². The SMILES string of the molecule is C=CC1=C(/C=C\C)c2ccccc2C12c1ccccc1-c1cc(/C(C)=C/C)ccc12. The highest BCUT2D eigenvalue weighted by atomic mass is 14.5. The van der Waals surface area contributed by atoms with E-state index in [2.05, 4.69) is 118 Å². The first-order valence-corrected chi connectivity index (χ1v) is 10.7. The zero-order chi connectivity index (χ0) is 20.9. The Bertz CT molecular complexity index is 1280. The van der Waals surface area contributed by atoms with Crippen LogP contribution < -0.4 is 0 Å². The van der Waals surface area contributed by atoms with E-state index in [4.69, 9.17) is 0 Å². The van der Waals surface area contributed by atoms with Gasteiger partial charge >= 0.3 is 0 Å². The highest BCUT2D eigenvalue weighted by Crippen LogP contribution is 2.62. The van der Waals surface area contributed by atoms with Crippen molar-refractivity contribution in [1.29, 1.82) is 0 Å². The van der Waals surface area contributed by atoms with E-state index in [9.17, 15) is 0 Å². The van der Waals surface area contributed by atoms with Crippen molar-refractivity contribution < 1.29 is 0 Å². The number of rotatable bonds is 3. The van der Waals surface area contributed by atoms with Crippen LogP contribution in [0.3, 0.4) is 0 Å². The van der Waals surface area contributed by atoms with Gasteiger partial charge in [0.15, 0.2) is 0 Å². The minimum atomic E-state index is -0.304. The lowest BCUT2D eigenvalue weighted by molar-refractivity contribution is 0.786. The number of fused-ring (bicyclic) bond motifs is 7. The standard InChI is InChI=1S/C30H26/c1-5-12-22-23-13-8-10-15-27(23)30(26(22)7-3)28-16-11-9-14-24(28)25-19-21(20(4)6-2)17-18-29(25)30/h5-19H,3H2,1-2,4H3/b12-5-,20-6+. The molecule has 146 valence electrons. The van der Waals surface area contributed by atoms with Crippen molar-refractivity contribution >= 4 is 11.1 Å². The first kappa shape index (κ1) is 18.6. The Balaban J connectivity index is 1.96. The van der Waals surface area contributed by atoms with Crippen molar-refractivity contribution in [2.45, 2.75) is 26.2 Å². The van der Waals surface area contributed by atoms with Gasteiger partial charge in [-0.15, -0.1) is 0 Å². The van der Waals surface area contributed by atoms with Gasteiger partial charge in [-0.2, -0.15) is 0 Å². The van der Waals surface area contributed by atoms with Gasteiger partial charge in [-0.3, -0.25) is 0 Å². The second-order valence-corrected chi connectivity index (χ2v) is 8.10. The molecule has 1 unspecified atom stereocenters. The van der Waals surface area contributed by atoms with E-state index < -0.39 is 0 Å². The minimum Gasteiger partial charge on any atom is -0.0987 e. The lowest BCUT2D eigenvalue weighted by atomic mass is 9.69. The summed E-state index contributed by atoms with van der Waals surface area (Å²) in [6.07, 6.45) is 8.63. The van der Waals surface area contributed by atoms with Crippen molar-refractivity contribution in [3.63, 3.8) is 0 Å². The molecule has 0 heterocycles. The van der Waals surface area contributed by atoms with Gasteiger partial charge in [-0.05, 0) is 82.5 Å². The molecule has 2 aliphatic carbocycles. The first-order chi connectivity index (χ1) is 14.7. The van der Waals surface area contributed by atoms with E-state index in [0.717, 1.165) is 0 Å². The summed E-state index contributed by atoms with van der Waals surface area (Å²) in [5.41, 5.74) is 12.9. The van der Waals surface area contributed by atoms with Crippen molar-refractivity contribution in [3.8, 4) is 11.1 Å². The lowest BCUT2D eigenvalue weighted by Gasteiger charge is -2.31. The average molecular weight is 387 g/mol. The molecule has 0 saturated heterocycles. The number of hydrogen-bond donors (Lipinski definition) is 0. The average Bonchev–Trinajstić information content (AvgIpc) is 3.25. The molecule has 0 bridgehead atoms. The van der Waals surface area contributed by atoms with E-state index in [0.29, 0.717) is 0 Å². The Morgan fingerprint density at radius 1 is 0.800 bits per heavy atom. The summed E-state index contributed by atoms with van der Waals surface area (Å²) in [4.78, 5) is 0. The fourth-order valence-corrected chi connectivity index (χ4v) is 5.42. The first-order valence-electron chi connectivity index (χ1n) is 10.7. The monoisotopic (exact) mass is 386 g/mol. The highest BCUT2D eigenvalue weighted by Gasteiger charge is 2.51. The molecular formula is C30H26. The Hall–Kier alpha value is -3.38. The molecule has 2 aliphatic rings. The summed E-state index contributed by atoms with van der Waals surface area (Å²) >= 11 is 0. The summed E-state index contributed by atoms with van der Waals surface area (Å²) < 4.78 is 0. The second kappa shape index (κ2) is 6.85. The molecule has 1 spiro atoms. The molecule has 0 fully saturated rings. The zero-order valence-electron chi connectivity index (χ0n) is 17.9. The third-order valence-corrected chi connectivity index (χ3v) is 6.79. The van der Waals surface area contributed by atoms with Crippen LogP contribution >= 0.6 is 0 Å². The van der Waals surface area contributed by atoms with Crippen molar-refractivity contribution in [3.05, 3.63) is 131 Å². The molecule has 5 rings (SSSR count). The van der Waals surface area contributed by atoms with Gasteiger partial charge in [-0.1, -0.05) is 91.5 Å².